The summed E-state index contributed by atoms with van der Waals surface area (Å²) in [5, 5.41) is 6.00. The highest BCUT2D eigenvalue weighted by Gasteiger charge is 2.08. The van der Waals surface area contributed by atoms with Crippen LogP contribution in [0.5, 0.6) is 5.75 Å². The zero-order valence-corrected chi connectivity index (χ0v) is 12.1. The van der Waals surface area contributed by atoms with Gasteiger partial charge in [-0.15, -0.1) is 0 Å². The number of urea groups is 1. The normalized spacial score (nSPS) is 9.95. The Hall–Kier alpha value is -1.91. The topological polar surface area (TPSA) is 50.4 Å². The molecule has 104 valence electrons. The zero-order chi connectivity index (χ0) is 14.5. The predicted octanol–water partition coefficient (Wildman–Crippen LogP) is 4.65. The molecule has 4 nitrogen and oxygen atoms in total. The first-order valence-electron chi connectivity index (χ1n) is 5.76. The van der Waals surface area contributed by atoms with Crippen molar-refractivity contribution in [2.45, 2.75) is 0 Å². The van der Waals surface area contributed by atoms with E-state index in [4.69, 9.17) is 27.9 Å². The fourth-order valence-corrected chi connectivity index (χ4v) is 1.91. The van der Waals surface area contributed by atoms with Crippen LogP contribution in [-0.2, 0) is 0 Å². The molecule has 0 atom stereocenters. The van der Waals surface area contributed by atoms with Crippen LogP contribution in [0.1, 0.15) is 0 Å². The fraction of sp³-hybridized carbons (Fsp3) is 0.0714. The number of nitrogens with one attached hydrogen (secondary N) is 2. The van der Waals surface area contributed by atoms with E-state index >= 15 is 0 Å². The van der Waals surface area contributed by atoms with Crippen LogP contribution in [-0.4, -0.2) is 13.1 Å². The molecule has 2 N–H and O–H groups in total. The molecule has 6 heteroatoms. The molecule has 2 aromatic rings. The summed E-state index contributed by atoms with van der Waals surface area (Å²) in [6.07, 6.45) is 0. The fourth-order valence-electron chi connectivity index (χ4n) is 1.56. The molecule has 2 amide bonds. The molecule has 0 aliphatic heterocycles. The van der Waals surface area contributed by atoms with Crippen LogP contribution in [0, 0.1) is 0 Å². The molecule has 0 aliphatic carbocycles. The van der Waals surface area contributed by atoms with Gasteiger partial charge in [-0.1, -0.05) is 29.3 Å². The van der Waals surface area contributed by atoms with Crippen LogP contribution in [0.25, 0.3) is 0 Å². The highest BCUT2D eigenvalue weighted by Crippen LogP contribution is 2.29. The van der Waals surface area contributed by atoms with Gasteiger partial charge in [0.2, 0.25) is 0 Å². The Morgan fingerprint density at radius 2 is 1.75 bits per heavy atom. The Balaban J connectivity index is 2.03. The minimum atomic E-state index is -0.403. The van der Waals surface area contributed by atoms with Gasteiger partial charge in [-0.3, -0.25) is 0 Å². The summed E-state index contributed by atoms with van der Waals surface area (Å²) in [6.45, 7) is 0. The lowest BCUT2D eigenvalue weighted by atomic mass is 10.3. The number of ether oxygens (including phenoxy) is 1. The third-order valence-corrected chi connectivity index (χ3v) is 3.37. The lowest BCUT2D eigenvalue weighted by Gasteiger charge is -2.10. The van der Waals surface area contributed by atoms with Crippen LogP contribution in [0.4, 0.5) is 16.2 Å². The molecule has 0 aliphatic rings. The van der Waals surface area contributed by atoms with Gasteiger partial charge in [0.1, 0.15) is 5.75 Å². The smallest absolute Gasteiger partial charge is 0.323 e. The van der Waals surface area contributed by atoms with Gasteiger partial charge in [-0.05, 0) is 36.4 Å². The second-order valence-corrected chi connectivity index (χ2v) is 4.69. The highest BCUT2D eigenvalue weighted by atomic mass is 35.5. The Morgan fingerprint density at radius 3 is 2.40 bits per heavy atom. The van der Waals surface area contributed by atoms with E-state index in [1.54, 1.807) is 49.6 Å². The molecule has 0 saturated heterocycles. The van der Waals surface area contributed by atoms with Crippen LogP contribution in [0.2, 0.25) is 10.0 Å². The van der Waals surface area contributed by atoms with E-state index in [0.29, 0.717) is 27.2 Å². The molecule has 20 heavy (non-hydrogen) atoms. The quantitative estimate of drug-likeness (QED) is 0.867. The molecule has 0 aromatic heterocycles. The third-order valence-electron chi connectivity index (χ3n) is 2.55. The van der Waals surface area contributed by atoms with Gasteiger partial charge in [0.15, 0.2) is 0 Å². The van der Waals surface area contributed by atoms with E-state index < -0.39 is 6.03 Å². The van der Waals surface area contributed by atoms with Crippen molar-refractivity contribution >= 4 is 40.6 Å². The number of amides is 2. The van der Waals surface area contributed by atoms with E-state index in [9.17, 15) is 4.79 Å². The summed E-state index contributed by atoms with van der Waals surface area (Å²) >= 11 is 11.9. The summed E-state index contributed by atoms with van der Waals surface area (Å²) in [5.41, 5.74) is 1.09. The standard InChI is InChI=1S/C14H12Cl2N2O2/c1-20-10-7-5-9(6-8-10)17-14(19)18-12-4-2-3-11(15)13(12)16/h2-8H,1H3,(H2,17,18,19). The average Bonchev–Trinajstić information content (AvgIpc) is 2.45. The number of hydrogen-bond acceptors (Lipinski definition) is 2. The monoisotopic (exact) mass is 310 g/mol. The summed E-state index contributed by atoms with van der Waals surface area (Å²) in [4.78, 5) is 11.8. The van der Waals surface area contributed by atoms with Crippen LogP contribution in [0.3, 0.4) is 0 Å². The van der Waals surface area contributed by atoms with Crippen molar-refractivity contribution in [3.8, 4) is 5.75 Å². The molecule has 2 aromatic carbocycles. The maximum atomic E-state index is 11.8. The summed E-state index contributed by atoms with van der Waals surface area (Å²) in [6, 6.07) is 11.6. The average molecular weight is 311 g/mol. The van der Waals surface area contributed by atoms with Gasteiger partial charge in [0.25, 0.3) is 0 Å². The Labute approximate surface area is 126 Å². The van der Waals surface area contributed by atoms with Gasteiger partial charge in [-0.2, -0.15) is 0 Å². The number of rotatable bonds is 3. The molecular weight excluding hydrogens is 299 g/mol. The second kappa shape index (κ2) is 6.50. The maximum absolute atomic E-state index is 11.8. The summed E-state index contributed by atoms with van der Waals surface area (Å²) in [5.74, 6) is 0.717. The number of carbonyl (C=O) groups excluding carboxylic acids is 1. The first-order chi connectivity index (χ1) is 9.60. The largest absolute Gasteiger partial charge is 0.497 e. The van der Waals surface area contributed by atoms with E-state index in [1.165, 1.54) is 0 Å². The zero-order valence-electron chi connectivity index (χ0n) is 10.6. The molecule has 0 fully saturated rings. The van der Waals surface area contributed by atoms with Crippen molar-refractivity contribution in [3.05, 3.63) is 52.5 Å². The van der Waals surface area contributed by atoms with E-state index in [1.807, 2.05) is 0 Å². The third kappa shape index (κ3) is 3.56. The van der Waals surface area contributed by atoms with Crippen molar-refractivity contribution in [1.29, 1.82) is 0 Å². The minimum absolute atomic E-state index is 0.305. The Morgan fingerprint density at radius 1 is 1.05 bits per heavy atom. The van der Waals surface area contributed by atoms with Gasteiger partial charge in [0.05, 0.1) is 22.8 Å². The number of hydrogen-bond donors (Lipinski definition) is 2. The molecule has 0 heterocycles. The summed E-state index contributed by atoms with van der Waals surface area (Å²) in [7, 11) is 1.58. The van der Waals surface area contributed by atoms with Gasteiger partial charge < -0.3 is 15.4 Å². The minimum Gasteiger partial charge on any atom is -0.497 e. The van der Waals surface area contributed by atoms with Crippen LogP contribution in [0.15, 0.2) is 42.5 Å². The number of anilines is 2. The number of methoxy groups -OCH3 is 1. The lowest BCUT2D eigenvalue weighted by molar-refractivity contribution is 0.262. The van der Waals surface area contributed by atoms with E-state index in [2.05, 4.69) is 10.6 Å². The van der Waals surface area contributed by atoms with Crippen molar-refractivity contribution in [1.82, 2.24) is 0 Å². The first-order valence-corrected chi connectivity index (χ1v) is 6.52. The Kier molecular flexibility index (Phi) is 4.71. The molecule has 0 radical (unpaired) electrons. The van der Waals surface area contributed by atoms with Crippen LogP contribution < -0.4 is 15.4 Å². The lowest BCUT2D eigenvalue weighted by Crippen LogP contribution is -2.19. The molecular formula is C14H12Cl2N2O2. The molecule has 0 saturated carbocycles. The predicted molar refractivity (Wildman–Crippen MR) is 82.1 cm³/mol. The first kappa shape index (κ1) is 14.5. The number of halogens is 2. The van der Waals surface area contributed by atoms with Crippen molar-refractivity contribution in [2.75, 3.05) is 17.7 Å². The number of benzene rings is 2. The SMILES string of the molecule is COc1ccc(NC(=O)Nc2cccc(Cl)c2Cl)cc1. The van der Waals surface area contributed by atoms with Gasteiger partial charge in [0, 0.05) is 5.69 Å². The molecule has 0 unspecified atom stereocenters. The molecule has 0 spiro atoms. The second-order valence-electron chi connectivity index (χ2n) is 3.91. The highest BCUT2D eigenvalue weighted by molar-refractivity contribution is 6.44. The maximum Gasteiger partial charge on any atom is 0.323 e. The Bertz CT molecular complexity index is 615. The van der Waals surface area contributed by atoms with E-state index in [0.717, 1.165) is 0 Å². The number of carbonyl (C=O) groups is 1. The van der Waals surface area contributed by atoms with Gasteiger partial charge >= 0.3 is 6.03 Å². The summed E-state index contributed by atoms with van der Waals surface area (Å²) < 4.78 is 5.04. The van der Waals surface area contributed by atoms with Crippen molar-refractivity contribution in [2.24, 2.45) is 0 Å². The van der Waals surface area contributed by atoms with Crippen molar-refractivity contribution < 1.29 is 9.53 Å². The van der Waals surface area contributed by atoms with Crippen molar-refractivity contribution in [3.63, 3.8) is 0 Å². The molecule has 2 rings (SSSR count). The van der Waals surface area contributed by atoms with Crippen LogP contribution >= 0.6 is 23.2 Å². The van der Waals surface area contributed by atoms with E-state index in [-0.39, 0.29) is 0 Å². The molecule has 0 bridgehead atoms. The van der Waals surface area contributed by atoms with Gasteiger partial charge in [-0.25, -0.2) is 4.79 Å².